The van der Waals surface area contributed by atoms with Gasteiger partial charge in [0.2, 0.25) is 6.79 Å². The fraction of sp³-hybridized carbons (Fsp3) is 0.375. The summed E-state index contributed by atoms with van der Waals surface area (Å²) in [5, 5.41) is 19.6. The highest BCUT2D eigenvalue weighted by Gasteiger charge is 2.53. The third-order valence-electron chi connectivity index (χ3n) is 2.36. The van der Waals surface area contributed by atoms with Gasteiger partial charge in [-0.15, -0.1) is 0 Å². The molecular weight excluding hydrogens is 206 g/mol. The van der Waals surface area contributed by atoms with Gasteiger partial charge in [0.15, 0.2) is 11.5 Å². The normalized spacial score (nSPS) is 28.0. The van der Waals surface area contributed by atoms with Crippen molar-refractivity contribution in [1.29, 1.82) is 0 Å². The van der Waals surface area contributed by atoms with E-state index in [1.165, 1.54) is 6.08 Å². The predicted molar refractivity (Wildman–Crippen MR) is 45.2 cm³/mol. The number of aliphatic carboxylic acids is 1. The van der Waals surface area contributed by atoms with Crippen molar-refractivity contribution in [2.45, 2.75) is 12.0 Å². The van der Waals surface area contributed by atoms with Gasteiger partial charge in [-0.05, 0) is 6.08 Å². The van der Waals surface area contributed by atoms with Crippen LogP contribution in [0.4, 0.5) is 0 Å². The number of rotatable bonds is 2. The molecule has 0 aromatic rings. The molecule has 80 valence electrons. The molecule has 0 saturated heterocycles. The van der Waals surface area contributed by atoms with Gasteiger partial charge in [-0.2, -0.15) is 0 Å². The van der Waals surface area contributed by atoms with E-state index in [4.69, 9.17) is 14.6 Å². The van der Waals surface area contributed by atoms with Crippen molar-refractivity contribution in [2.75, 3.05) is 6.79 Å². The van der Waals surface area contributed by atoms with E-state index in [1.807, 2.05) is 0 Å². The molecular formula is C8H7NO6. The number of hydrogen-bond acceptors (Lipinski definition) is 5. The van der Waals surface area contributed by atoms with Crippen LogP contribution in [0.5, 0.6) is 0 Å². The summed E-state index contributed by atoms with van der Waals surface area (Å²) < 4.78 is 9.92. The van der Waals surface area contributed by atoms with Crippen LogP contribution in [0, 0.1) is 10.1 Å². The van der Waals surface area contributed by atoms with Gasteiger partial charge in [-0.25, -0.2) is 4.79 Å². The quantitative estimate of drug-likeness (QED) is 0.521. The molecule has 0 amide bonds. The van der Waals surface area contributed by atoms with Gasteiger partial charge in [0.1, 0.15) is 0 Å². The van der Waals surface area contributed by atoms with Crippen molar-refractivity contribution in [3.8, 4) is 0 Å². The average molecular weight is 213 g/mol. The highest BCUT2D eigenvalue weighted by atomic mass is 16.7. The molecule has 2 rings (SSSR count). The second kappa shape index (κ2) is 2.97. The number of carbonyl (C=O) groups is 1. The molecule has 0 aromatic carbocycles. The van der Waals surface area contributed by atoms with Gasteiger partial charge in [-0.1, -0.05) is 0 Å². The minimum atomic E-state index is -2.13. The molecule has 0 aromatic heterocycles. The lowest BCUT2D eigenvalue weighted by molar-refractivity contribution is -0.541. The smallest absolute Gasteiger partial charge is 0.387 e. The number of carboxylic acid groups (broad SMARTS) is 1. The molecule has 15 heavy (non-hydrogen) atoms. The first-order valence-electron chi connectivity index (χ1n) is 4.12. The summed E-state index contributed by atoms with van der Waals surface area (Å²) in [6.07, 6.45) is 1.97. The number of carboxylic acids is 1. The Labute approximate surface area is 83.7 Å². The summed E-state index contributed by atoms with van der Waals surface area (Å²) in [5.74, 6) is -0.920. The van der Waals surface area contributed by atoms with Gasteiger partial charge < -0.3 is 14.6 Å². The summed E-state index contributed by atoms with van der Waals surface area (Å²) >= 11 is 0. The van der Waals surface area contributed by atoms with E-state index in [2.05, 4.69) is 0 Å². The van der Waals surface area contributed by atoms with Gasteiger partial charge in [0, 0.05) is 11.0 Å². The van der Waals surface area contributed by atoms with E-state index in [0.717, 1.165) is 6.08 Å². The van der Waals surface area contributed by atoms with E-state index in [-0.39, 0.29) is 19.0 Å². The highest BCUT2D eigenvalue weighted by molar-refractivity contribution is 5.80. The van der Waals surface area contributed by atoms with E-state index < -0.39 is 16.4 Å². The SMILES string of the molecule is O=C(O)C1([N+](=O)[O-])C=CC2=C(C1)OCO2. The summed E-state index contributed by atoms with van der Waals surface area (Å²) in [6, 6.07) is 0. The lowest BCUT2D eigenvalue weighted by Crippen LogP contribution is -2.46. The Morgan fingerprint density at radius 3 is 2.93 bits per heavy atom. The van der Waals surface area contributed by atoms with Crippen molar-refractivity contribution in [3.63, 3.8) is 0 Å². The average Bonchev–Trinajstić information content (AvgIpc) is 2.62. The van der Waals surface area contributed by atoms with Crippen LogP contribution in [-0.4, -0.2) is 28.3 Å². The minimum absolute atomic E-state index is 0.0254. The number of nitro groups is 1. The number of nitrogens with zero attached hydrogens (tertiary/aromatic N) is 1. The van der Waals surface area contributed by atoms with Crippen LogP contribution in [0.2, 0.25) is 0 Å². The van der Waals surface area contributed by atoms with Crippen LogP contribution < -0.4 is 0 Å². The number of allylic oxidation sites excluding steroid dienone is 1. The highest BCUT2D eigenvalue weighted by Crippen LogP contribution is 2.34. The molecule has 1 aliphatic heterocycles. The van der Waals surface area contributed by atoms with Crippen LogP contribution in [-0.2, 0) is 14.3 Å². The van der Waals surface area contributed by atoms with Crippen molar-refractivity contribution in [1.82, 2.24) is 0 Å². The summed E-state index contributed by atoms with van der Waals surface area (Å²) in [5.41, 5.74) is -2.13. The van der Waals surface area contributed by atoms with Crippen molar-refractivity contribution >= 4 is 5.97 Å². The zero-order valence-corrected chi connectivity index (χ0v) is 7.50. The topological polar surface area (TPSA) is 98.9 Å². The minimum Gasteiger partial charge on any atom is -0.476 e. The van der Waals surface area contributed by atoms with Crippen LogP contribution in [0.3, 0.4) is 0 Å². The van der Waals surface area contributed by atoms with Crippen molar-refractivity contribution in [2.24, 2.45) is 0 Å². The van der Waals surface area contributed by atoms with Crippen LogP contribution in [0.15, 0.2) is 23.7 Å². The van der Waals surface area contributed by atoms with Crippen LogP contribution in [0.25, 0.3) is 0 Å². The second-order valence-electron chi connectivity index (χ2n) is 3.19. The van der Waals surface area contributed by atoms with E-state index >= 15 is 0 Å². The molecule has 1 aliphatic carbocycles. The third kappa shape index (κ3) is 1.24. The molecule has 1 unspecified atom stereocenters. The first-order chi connectivity index (χ1) is 7.06. The first-order valence-corrected chi connectivity index (χ1v) is 4.12. The van der Waals surface area contributed by atoms with E-state index in [0.29, 0.717) is 5.76 Å². The molecule has 0 radical (unpaired) electrons. The summed E-state index contributed by atoms with van der Waals surface area (Å²) in [6.45, 7) is -0.0254. The largest absolute Gasteiger partial charge is 0.476 e. The molecule has 0 bridgehead atoms. The molecule has 1 N–H and O–H groups in total. The Bertz CT molecular complexity index is 382. The monoisotopic (exact) mass is 213 g/mol. The molecule has 0 spiro atoms. The fourth-order valence-corrected chi connectivity index (χ4v) is 1.46. The van der Waals surface area contributed by atoms with Crippen molar-refractivity contribution < 1.29 is 24.3 Å². The van der Waals surface area contributed by atoms with E-state index in [9.17, 15) is 14.9 Å². The Morgan fingerprint density at radius 1 is 1.60 bits per heavy atom. The molecule has 0 fully saturated rings. The molecule has 1 atom stereocenters. The maximum Gasteiger partial charge on any atom is 0.387 e. The molecule has 1 heterocycles. The van der Waals surface area contributed by atoms with Crippen LogP contribution in [0.1, 0.15) is 6.42 Å². The zero-order valence-electron chi connectivity index (χ0n) is 7.50. The fourth-order valence-electron chi connectivity index (χ4n) is 1.46. The van der Waals surface area contributed by atoms with Crippen molar-refractivity contribution in [3.05, 3.63) is 33.8 Å². The molecule has 7 nitrogen and oxygen atoms in total. The van der Waals surface area contributed by atoms with Gasteiger partial charge in [-0.3, -0.25) is 10.1 Å². The van der Waals surface area contributed by atoms with Crippen LogP contribution >= 0.6 is 0 Å². The lowest BCUT2D eigenvalue weighted by atomic mass is 9.90. The number of ether oxygens (including phenoxy) is 2. The summed E-state index contributed by atoms with van der Waals surface area (Å²) in [7, 11) is 0. The lowest BCUT2D eigenvalue weighted by Gasteiger charge is -2.19. The Hall–Kier alpha value is -2.05. The maximum atomic E-state index is 10.9. The van der Waals surface area contributed by atoms with Gasteiger partial charge in [0.05, 0.1) is 6.42 Å². The zero-order chi connectivity index (χ0) is 11.1. The van der Waals surface area contributed by atoms with E-state index in [1.54, 1.807) is 0 Å². The maximum absolute atomic E-state index is 10.9. The summed E-state index contributed by atoms with van der Waals surface area (Å²) in [4.78, 5) is 20.8. The Balaban J connectivity index is 2.37. The third-order valence-corrected chi connectivity index (χ3v) is 2.36. The molecule has 2 aliphatic rings. The molecule has 7 heteroatoms. The Morgan fingerprint density at radius 2 is 2.33 bits per heavy atom. The first kappa shape index (κ1) is 9.50. The second-order valence-corrected chi connectivity index (χ2v) is 3.19. The molecule has 0 saturated carbocycles. The number of hydrogen-bond donors (Lipinski definition) is 1. The van der Waals surface area contributed by atoms with Gasteiger partial charge >= 0.3 is 11.5 Å². The standard InChI is InChI=1S/C8H7NO6/c10-7(11)8(9(12)13)2-1-5-6(3-8)15-4-14-5/h1-2H,3-4H2,(H,10,11). The Kier molecular flexibility index (Phi) is 1.88. The predicted octanol–water partition coefficient (Wildman–Crippen LogP) is 0.262. The van der Waals surface area contributed by atoms with Gasteiger partial charge in [0.25, 0.3) is 0 Å².